The first kappa shape index (κ1) is 20.8. The lowest BCUT2D eigenvalue weighted by Gasteiger charge is -2.39. The summed E-state index contributed by atoms with van der Waals surface area (Å²) in [6.07, 6.45) is 7.36. The summed E-state index contributed by atoms with van der Waals surface area (Å²) < 4.78 is 1.00. The number of nitrogens with zero attached hydrogens (tertiary/aromatic N) is 1. The molecule has 0 bridgehead atoms. The van der Waals surface area contributed by atoms with Crippen molar-refractivity contribution in [3.05, 3.63) is 0 Å². The Morgan fingerprint density at radius 1 is 0.381 bits per heavy atom. The minimum atomic E-state index is 0.240. The third-order valence-corrected chi connectivity index (χ3v) is 4.16. The van der Waals surface area contributed by atoms with E-state index >= 15 is 0 Å². The van der Waals surface area contributed by atoms with Crippen molar-refractivity contribution in [1.82, 2.24) is 0 Å². The summed E-state index contributed by atoms with van der Waals surface area (Å²) in [5, 5.41) is 36.0. The van der Waals surface area contributed by atoms with Crippen LogP contribution in [0.1, 0.15) is 51.4 Å². The van der Waals surface area contributed by atoms with Crippen molar-refractivity contribution in [3.63, 3.8) is 0 Å². The van der Waals surface area contributed by atoms with Gasteiger partial charge in [0.05, 0.1) is 26.2 Å². The smallest absolute Gasteiger partial charge is 0.0787 e. The zero-order chi connectivity index (χ0) is 15.8. The zero-order valence-corrected chi connectivity index (χ0v) is 13.5. The number of aliphatic hydroxyl groups excluding tert-OH is 4. The lowest BCUT2D eigenvalue weighted by molar-refractivity contribution is -0.929. The molecule has 0 aromatic carbocycles. The third-order valence-electron chi connectivity index (χ3n) is 4.16. The molecular formula is C16H36NO4+. The molecule has 0 aromatic rings. The van der Waals surface area contributed by atoms with Crippen LogP contribution in [0, 0.1) is 0 Å². The lowest BCUT2D eigenvalue weighted by Crippen LogP contribution is -2.51. The highest BCUT2D eigenvalue weighted by Gasteiger charge is 2.25. The van der Waals surface area contributed by atoms with Gasteiger partial charge in [-0.2, -0.15) is 0 Å². The molecule has 0 aliphatic carbocycles. The number of aliphatic hydroxyl groups is 4. The molecule has 0 saturated carbocycles. The largest absolute Gasteiger partial charge is 0.396 e. The van der Waals surface area contributed by atoms with Crippen molar-refractivity contribution in [2.75, 3.05) is 52.6 Å². The fourth-order valence-corrected chi connectivity index (χ4v) is 2.91. The van der Waals surface area contributed by atoms with Crippen molar-refractivity contribution in [1.29, 1.82) is 0 Å². The molecule has 0 aliphatic heterocycles. The maximum absolute atomic E-state index is 9.00. The van der Waals surface area contributed by atoms with E-state index in [4.69, 9.17) is 20.4 Å². The molecule has 0 aliphatic rings. The zero-order valence-electron chi connectivity index (χ0n) is 13.5. The van der Waals surface area contributed by atoms with E-state index in [1.165, 1.54) is 0 Å². The highest BCUT2D eigenvalue weighted by molar-refractivity contribution is 4.52. The molecule has 0 heterocycles. The second-order valence-corrected chi connectivity index (χ2v) is 5.96. The van der Waals surface area contributed by atoms with Gasteiger partial charge in [0, 0.05) is 26.4 Å². The lowest BCUT2D eigenvalue weighted by atomic mass is 10.1. The van der Waals surface area contributed by atoms with Crippen LogP contribution in [0.2, 0.25) is 0 Å². The van der Waals surface area contributed by atoms with E-state index in [0.29, 0.717) is 0 Å². The van der Waals surface area contributed by atoms with E-state index in [0.717, 1.165) is 82.0 Å². The molecule has 0 aromatic heterocycles. The van der Waals surface area contributed by atoms with Gasteiger partial charge in [-0.1, -0.05) is 0 Å². The van der Waals surface area contributed by atoms with Crippen LogP contribution in [-0.2, 0) is 0 Å². The van der Waals surface area contributed by atoms with E-state index < -0.39 is 0 Å². The Labute approximate surface area is 129 Å². The highest BCUT2D eigenvalue weighted by atomic mass is 16.3. The Morgan fingerprint density at radius 2 is 0.619 bits per heavy atom. The first-order valence-corrected chi connectivity index (χ1v) is 8.53. The molecule has 5 heteroatoms. The third kappa shape index (κ3) is 11.1. The van der Waals surface area contributed by atoms with E-state index in [2.05, 4.69) is 0 Å². The Bertz CT molecular complexity index is 169. The van der Waals surface area contributed by atoms with Gasteiger partial charge in [-0.25, -0.2) is 0 Å². The molecule has 5 nitrogen and oxygen atoms in total. The molecule has 4 N–H and O–H groups in total. The van der Waals surface area contributed by atoms with E-state index in [9.17, 15) is 0 Å². The first-order valence-electron chi connectivity index (χ1n) is 8.53. The van der Waals surface area contributed by atoms with Crippen molar-refractivity contribution in [2.45, 2.75) is 51.4 Å². The molecule has 0 saturated heterocycles. The SMILES string of the molecule is OCCCC[N+](CCCCO)(CCCCO)CCCCO. The Morgan fingerprint density at radius 3 is 0.810 bits per heavy atom. The summed E-state index contributed by atoms with van der Waals surface area (Å²) >= 11 is 0. The summed E-state index contributed by atoms with van der Waals surface area (Å²) in [5.41, 5.74) is 0. The Kier molecular flexibility index (Phi) is 14.6. The predicted molar refractivity (Wildman–Crippen MR) is 85.0 cm³/mol. The molecule has 0 amide bonds. The number of quaternary nitrogens is 1. The molecule has 0 spiro atoms. The van der Waals surface area contributed by atoms with E-state index in [1.807, 2.05) is 0 Å². The van der Waals surface area contributed by atoms with Gasteiger partial charge < -0.3 is 24.9 Å². The van der Waals surface area contributed by atoms with Gasteiger partial charge in [0.25, 0.3) is 0 Å². The maximum Gasteiger partial charge on any atom is 0.0787 e. The average molecular weight is 306 g/mol. The Balaban J connectivity index is 4.52. The van der Waals surface area contributed by atoms with Crippen molar-refractivity contribution in [2.24, 2.45) is 0 Å². The van der Waals surface area contributed by atoms with Gasteiger partial charge in [0.15, 0.2) is 0 Å². The fraction of sp³-hybridized carbons (Fsp3) is 1.00. The summed E-state index contributed by atoms with van der Waals surface area (Å²) in [6.45, 7) is 5.14. The normalized spacial score (nSPS) is 12.0. The van der Waals surface area contributed by atoms with Crippen LogP contribution in [-0.4, -0.2) is 77.5 Å². The molecule has 0 unspecified atom stereocenters. The van der Waals surface area contributed by atoms with Crippen LogP contribution in [0.3, 0.4) is 0 Å². The molecule has 0 rings (SSSR count). The van der Waals surface area contributed by atoms with Crippen LogP contribution in [0.15, 0.2) is 0 Å². The standard InChI is InChI=1S/C16H36NO4/c18-13-5-1-9-17(10-2-6-14-19,11-3-7-15-20)12-4-8-16-21/h18-21H,1-16H2/q+1. The molecule has 21 heavy (non-hydrogen) atoms. The molecule has 0 atom stereocenters. The number of hydrogen-bond acceptors (Lipinski definition) is 4. The molecule has 128 valence electrons. The van der Waals surface area contributed by atoms with Gasteiger partial charge >= 0.3 is 0 Å². The summed E-state index contributed by atoms with van der Waals surface area (Å²) in [7, 11) is 0. The summed E-state index contributed by atoms with van der Waals surface area (Å²) in [5.74, 6) is 0. The summed E-state index contributed by atoms with van der Waals surface area (Å²) in [6, 6.07) is 0. The fourth-order valence-electron chi connectivity index (χ4n) is 2.91. The van der Waals surface area contributed by atoms with Crippen LogP contribution in [0.4, 0.5) is 0 Å². The summed E-state index contributed by atoms with van der Waals surface area (Å²) in [4.78, 5) is 0. The van der Waals surface area contributed by atoms with Crippen molar-refractivity contribution >= 4 is 0 Å². The second kappa shape index (κ2) is 14.7. The minimum absolute atomic E-state index is 0.240. The Hall–Kier alpha value is -0.200. The topological polar surface area (TPSA) is 80.9 Å². The van der Waals surface area contributed by atoms with Gasteiger partial charge in [-0.05, 0) is 51.4 Å². The number of unbranched alkanes of at least 4 members (excludes halogenated alkanes) is 4. The monoisotopic (exact) mass is 306 g/mol. The van der Waals surface area contributed by atoms with Gasteiger partial charge in [-0.3, -0.25) is 0 Å². The molecule has 0 radical (unpaired) electrons. The van der Waals surface area contributed by atoms with Crippen LogP contribution >= 0.6 is 0 Å². The highest BCUT2D eigenvalue weighted by Crippen LogP contribution is 2.16. The molecule has 0 fully saturated rings. The van der Waals surface area contributed by atoms with Gasteiger partial charge in [0.2, 0.25) is 0 Å². The van der Waals surface area contributed by atoms with Crippen molar-refractivity contribution < 1.29 is 24.9 Å². The second-order valence-electron chi connectivity index (χ2n) is 5.96. The molecular weight excluding hydrogens is 270 g/mol. The predicted octanol–water partition coefficient (Wildman–Crippen LogP) is 0.893. The van der Waals surface area contributed by atoms with Crippen LogP contribution in [0.25, 0.3) is 0 Å². The quantitative estimate of drug-likeness (QED) is 0.252. The van der Waals surface area contributed by atoms with Crippen LogP contribution in [0.5, 0.6) is 0 Å². The first-order chi connectivity index (χ1) is 10.2. The number of hydrogen-bond donors (Lipinski definition) is 4. The maximum atomic E-state index is 9.00. The van der Waals surface area contributed by atoms with Crippen LogP contribution < -0.4 is 0 Å². The van der Waals surface area contributed by atoms with Gasteiger partial charge in [0.1, 0.15) is 0 Å². The van der Waals surface area contributed by atoms with E-state index in [-0.39, 0.29) is 26.4 Å². The van der Waals surface area contributed by atoms with E-state index in [1.54, 1.807) is 0 Å². The van der Waals surface area contributed by atoms with Gasteiger partial charge in [-0.15, -0.1) is 0 Å². The average Bonchev–Trinajstić information content (AvgIpc) is 2.48. The minimum Gasteiger partial charge on any atom is -0.396 e. The van der Waals surface area contributed by atoms with Crippen molar-refractivity contribution in [3.8, 4) is 0 Å². The number of rotatable bonds is 16.